The summed E-state index contributed by atoms with van der Waals surface area (Å²) in [6, 6.07) is 20.5. The number of nitrogens with zero attached hydrogens (tertiary/aromatic N) is 2. The van der Waals surface area contributed by atoms with Gasteiger partial charge in [-0.3, -0.25) is 14.6 Å². The predicted octanol–water partition coefficient (Wildman–Crippen LogP) is 5.87. The van der Waals surface area contributed by atoms with Crippen molar-refractivity contribution in [1.82, 2.24) is 9.88 Å². The van der Waals surface area contributed by atoms with E-state index in [0.717, 1.165) is 60.2 Å². The van der Waals surface area contributed by atoms with Crippen molar-refractivity contribution in [3.8, 4) is 22.4 Å². The van der Waals surface area contributed by atoms with Crippen LogP contribution in [0.1, 0.15) is 71.3 Å². The second-order valence-electron chi connectivity index (χ2n) is 12.3. The maximum absolute atomic E-state index is 13.0. The van der Waals surface area contributed by atoms with Crippen molar-refractivity contribution >= 4 is 17.5 Å². The SMILES string of the molecule is CCN(C(C)=O)C1CCC(CC(=O)Nc2cnc(-c3ccc([C@]4(N)C[C@](C)(O)C4)cc3)c(-c3ccccc3)c2)CC1. The fourth-order valence-electron chi connectivity index (χ4n) is 6.95. The Bertz CT molecular complexity index is 1370. The zero-order valence-electron chi connectivity index (χ0n) is 24.4. The first-order chi connectivity index (χ1) is 19.6. The zero-order chi connectivity index (χ0) is 29.2. The number of aliphatic hydroxyl groups is 1. The maximum Gasteiger partial charge on any atom is 0.224 e. The molecule has 41 heavy (non-hydrogen) atoms. The van der Waals surface area contributed by atoms with Crippen LogP contribution in [0.4, 0.5) is 5.69 Å². The number of benzene rings is 2. The van der Waals surface area contributed by atoms with Crippen LogP contribution in [0.3, 0.4) is 0 Å². The summed E-state index contributed by atoms with van der Waals surface area (Å²) in [4.78, 5) is 31.7. The number of anilines is 1. The minimum atomic E-state index is -0.707. The largest absolute Gasteiger partial charge is 0.390 e. The standard InChI is InChI=1S/C34H42N4O3/c1-4-38(23(2)39)29-16-10-24(11-17-29)18-31(40)37-28-19-30(25-8-6-5-7-9-25)32(36-20-28)26-12-14-27(15-13-26)34(35)21-33(3,41)22-34/h5-9,12-15,19-20,24,29,41H,4,10-11,16-18,21-22,35H2,1-3H3,(H,37,40)/t24?,29?,33-,34-. The lowest BCUT2D eigenvalue weighted by Gasteiger charge is -2.49. The van der Waals surface area contributed by atoms with Gasteiger partial charge < -0.3 is 21.1 Å². The molecule has 2 fully saturated rings. The Balaban J connectivity index is 1.29. The van der Waals surface area contributed by atoms with Crippen LogP contribution in [0.5, 0.6) is 0 Å². The maximum atomic E-state index is 13.0. The average molecular weight is 555 g/mol. The number of carbonyl (C=O) groups is 2. The number of rotatable bonds is 8. The van der Waals surface area contributed by atoms with Crippen LogP contribution in [-0.2, 0) is 15.1 Å². The number of carbonyl (C=O) groups excluding carboxylic acids is 2. The van der Waals surface area contributed by atoms with Gasteiger partial charge in [0.15, 0.2) is 0 Å². The highest BCUT2D eigenvalue weighted by Crippen LogP contribution is 2.46. The van der Waals surface area contributed by atoms with Gasteiger partial charge in [-0.2, -0.15) is 0 Å². The fraction of sp³-hybridized carbons (Fsp3) is 0.441. The molecule has 7 heteroatoms. The van der Waals surface area contributed by atoms with Crippen molar-refractivity contribution in [3.05, 3.63) is 72.4 Å². The molecule has 4 N–H and O–H groups in total. The Morgan fingerprint density at radius 3 is 2.27 bits per heavy atom. The molecular weight excluding hydrogens is 512 g/mol. The second kappa shape index (κ2) is 11.7. The van der Waals surface area contributed by atoms with Crippen LogP contribution in [0.15, 0.2) is 66.9 Å². The summed E-state index contributed by atoms with van der Waals surface area (Å²) < 4.78 is 0. The van der Waals surface area contributed by atoms with Gasteiger partial charge in [-0.1, -0.05) is 54.6 Å². The summed E-state index contributed by atoms with van der Waals surface area (Å²) in [7, 11) is 0. The third-order valence-corrected chi connectivity index (χ3v) is 8.86. The van der Waals surface area contributed by atoms with Gasteiger partial charge in [0, 0.05) is 42.6 Å². The molecule has 3 aromatic rings. The van der Waals surface area contributed by atoms with E-state index in [0.29, 0.717) is 30.9 Å². The molecule has 1 heterocycles. The third kappa shape index (κ3) is 6.52. The van der Waals surface area contributed by atoms with Gasteiger partial charge in [-0.25, -0.2) is 0 Å². The number of nitrogens with one attached hydrogen (secondary N) is 1. The first-order valence-corrected chi connectivity index (χ1v) is 14.8. The fourth-order valence-corrected chi connectivity index (χ4v) is 6.95. The lowest BCUT2D eigenvalue weighted by Crippen LogP contribution is -2.58. The summed E-state index contributed by atoms with van der Waals surface area (Å²) >= 11 is 0. The van der Waals surface area contributed by atoms with E-state index in [1.807, 2.05) is 79.4 Å². The van der Waals surface area contributed by atoms with Crippen LogP contribution in [0.25, 0.3) is 22.4 Å². The summed E-state index contributed by atoms with van der Waals surface area (Å²) in [6.07, 6.45) is 7.07. The van der Waals surface area contributed by atoms with Gasteiger partial charge in [0.1, 0.15) is 0 Å². The lowest BCUT2D eigenvalue weighted by molar-refractivity contribution is -0.132. The molecule has 0 atom stereocenters. The van der Waals surface area contributed by atoms with E-state index in [2.05, 4.69) is 5.32 Å². The molecule has 216 valence electrons. The van der Waals surface area contributed by atoms with E-state index >= 15 is 0 Å². The van der Waals surface area contributed by atoms with Crippen LogP contribution < -0.4 is 11.1 Å². The molecule has 2 amide bonds. The van der Waals surface area contributed by atoms with Crippen molar-refractivity contribution < 1.29 is 14.7 Å². The van der Waals surface area contributed by atoms with E-state index in [1.165, 1.54) is 0 Å². The molecule has 0 aliphatic heterocycles. The van der Waals surface area contributed by atoms with Crippen LogP contribution >= 0.6 is 0 Å². The van der Waals surface area contributed by atoms with E-state index in [-0.39, 0.29) is 17.9 Å². The van der Waals surface area contributed by atoms with Crippen molar-refractivity contribution in [2.45, 2.75) is 82.9 Å². The summed E-state index contributed by atoms with van der Waals surface area (Å²) in [5.41, 5.74) is 10.8. The number of aromatic nitrogens is 1. The second-order valence-corrected chi connectivity index (χ2v) is 12.3. The monoisotopic (exact) mass is 554 g/mol. The highest BCUT2D eigenvalue weighted by molar-refractivity contribution is 5.93. The molecule has 0 spiro atoms. The molecule has 7 nitrogen and oxygen atoms in total. The minimum Gasteiger partial charge on any atom is -0.390 e. The minimum absolute atomic E-state index is 0.00472. The van der Waals surface area contributed by atoms with Crippen molar-refractivity contribution in [3.63, 3.8) is 0 Å². The van der Waals surface area contributed by atoms with Gasteiger partial charge >= 0.3 is 0 Å². The Hall–Kier alpha value is -3.55. The predicted molar refractivity (Wildman–Crippen MR) is 163 cm³/mol. The van der Waals surface area contributed by atoms with Crippen LogP contribution in [0.2, 0.25) is 0 Å². The number of hydrogen-bond donors (Lipinski definition) is 3. The molecule has 1 aromatic heterocycles. The molecule has 0 unspecified atom stereocenters. The smallest absolute Gasteiger partial charge is 0.224 e. The zero-order valence-corrected chi connectivity index (χ0v) is 24.4. The van der Waals surface area contributed by atoms with Crippen molar-refractivity contribution in [2.24, 2.45) is 11.7 Å². The number of amides is 2. The van der Waals surface area contributed by atoms with Crippen molar-refractivity contribution in [1.29, 1.82) is 0 Å². The lowest BCUT2D eigenvalue weighted by atomic mass is 9.63. The first-order valence-electron chi connectivity index (χ1n) is 14.8. The Morgan fingerprint density at radius 2 is 1.68 bits per heavy atom. The normalized spacial score (nSPS) is 25.7. The number of nitrogens with two attached hydrogens (primary N) is 1. The third-order valence-electron chi connectivity index (χ3n) is 8.86. The Labute approximate surface area is 243 Å². The van der Waals surface area contributed by atoms with Crippen molar-refractivity contribution in [2.75, 3.05) is 11.9 Å². The summed E-state index contributed by atoms with van der Waals surface area (Å²) in [6.45, 7) is 6.22. The van der Waals surface area contributed by atoms with Gasteiger partial charge in [0.2, 0.25) is 11.8 Å². The number of hydrogen-bond acceptors (Lipinski definition) is 5. The summed E-state index contributed by atoms with van der Waals surface area (Å²) in [5, 5.41) is 13.3. The highest BCUT2D eigenvalue weighted by Gasteiger charge is 2.49. The van der Waals surface area contributed by atoms with Gasteiger partial charge in [-0.15, -0.1) is 0 Å². The Kier molecular flexibility index (Phi) is 8.30. The van der Waals surface area contributed by atoms with Gasteiger partial charge in [0.05, 0.1) is 23.2 Å². The highest BCUT2D eigenvalue weighted by atomic mass is 16.3. The molecular formula is C34H42N4O3. The van der Waals surface area contributed by atoms with Crippen LogP contribution in [-0.4, -0.2) is 45.0 Å². The topological polar surface area (TPSA) is 109 Å². The van der Waals surface area contributed by atoms with E-state index in [1.54, 1.807) is 13.1 Å². The molecule has 2 aliphatic rings. The average Bonchev–Trinajstić information content (AvgIpc) is 2.93. The molecule has 5 rings (SSSR count). The van der Waals surface area contributed by atoms with E-state index < -0.39 is 11.1 Å². The summed E-state index contributed by atoms with van der Waals surface area (Å²) in [5.74, 6) is 0.446. The molecule has 0 bridgehead atoms. The van der Waals surface area contributed by atoms with Gasteiger partial charge in [0.25, 0.3) is 0 Å². The Morgan fingerprint density at radius 1 is 1.02 bits per heavy atom. The molecule has 0 saturated heterocycles. The molecule has 2 aliphatic carbocycles. The van der Waals surface area contributed by atoms with Gasteiger partial charge in [-0.05, 0) is 75.5 Å². The van der Waals surface area contributed by atoms with E-state index in [9.17, 15) is 14.7 Å². The first kappa shape index (κ1) is 29.0. The van der Waals surface area contributed by atoms with E-state index in [4.69, 9.17) is 10.7 Å². The number of pyridine rings is 1. The molecule has 2 aromatic carbocycles. The molecule has 0 radical (unpaired) electrons. The quantitative estimate of drug-likeness (QED) is 0.323. The van der Waals surface area contributed by atoms with Crippen LogP contribution in [0, 0.1) is 5.92 Å². The molecule has 2 saturated carbocycles.